The topological polar surface area (TPSA) is 57.6 Å². The maximum Gasteiger partial charge on any atom is 0.298 e. The fraction of sp³-hybridized carbons (Fsp3) is 0.286. The molecule has 0 aliphatic carbocycles. The number of aryl methyl sites for hydroxylation is 2. The predicted molar refractivity (Wildman–Crippen MR) is 135 cm³/mol. The summed E-state index contributed by atoms with van der Waals surface area (Å²) in [4.78, 5) is 27.0. The minimum Gasteiger partial charge on any atom is -0.387 e. The average Bonchev–Trinajstić information content (AvgIpc) is 2.78. The number of carbonyl (C=O) groups is 2. The second kappa shape index (κ2) is 10.7. The van der Waals surface area contributed by atoms with Crippen molar-refractivity contribution in [2.24, 2.45) is 0 Å². The van der Waals surface area contributed by atoms with Crippen molar-refractivity contribution >= 4 is 29.0 Å². The van der Waals surface area contributed by atoms with Crippen LogP contribution in [0.3, 0.4) is 0 Å². The van der Waals surface area contributed by atoms with Crippen LogP contribution in [0.1, 0.15) is 45.1 Å². The number of rotatable bonds is 8. The molecule has 1 unspecified atom stereocenters. The molecule has 7 heteroatoms. The third kappa shape index (κ3) is 6.13. The van der Waals surface area contributed by atoms with Gasteiger partial charge in [-0.3, -0.25) is 9.59 Å². The molecule has 0 aliphatic rings. The van der Waals surface area contributed by atoms with E-state index in [4.69, 9.17) is 11.6 Å². The lowest BCUT2D eigenvalue weighted by Crippen LogP contribution is -2.27. The van der Waals surface area contributed by atoms with E-state index in [2.05, 4.69) is 0 Å². The van der Waals surface area contributed by atoms with Crippen LogP contribution in [0.5, 0.6) is 0 Å². The first-order valence-electron chi connectivity index (χ1n) is 11.2. The zero-order chi connectivity index (χ0) is 25.9. The third-order valence-electron chi connectivity index (χ3n) is 5.91. The van der Waals surface area contributed by atoms with Gasteiger partial charge in [0.1, 0.15) is 11.9 Å². The number of alkyl halides is 2. The minimum absolute atomic E-state index is 0.0849. The second-order valence-electron chi connectivity index (χ2n) is 8.86. The molecule has 1 amide bonds. The van der Waals surface area contributed by atoms with E-state index in [1.54, 1.807) is 31.3 Å². The van der Waals surface area contributed by atoms with Crippen LogP contribution in [0.25, 0.3) is 0 Å². The smallest absolute Gasteiger partial charge is 0.298 e. The van der Waals surface area contributed by atoms with Gasteiger partial charge in [0.25, 0.3) is 11.8 Å². The Morgan fingerprint density at radius 3 is 1.97 bits per heavy atom. The van der Waals surface area contributed by atoms with Crippen LogP contribution in [0, 0.1) is 13.8 Å². The number of benzene rings is 3. The van der Waals surface area contributed by atoms with E-state index in [0.29, 0.717) is 21.8 Å². The molecule has 0 bridgehead atoms. The van der Waals surface area contributed by atoms with Gasteiger partial charge in [0, 0.05) is 31.0 Å². The molecule has 0 aliphatic heterocycles. The molecule has 0 saturated carbocycles. The van der Waals surface area contributed by atoms with Crippen LogP contribution >= 0.6 is 11.6 Å². The lowest BCUT2D eigenvalue weighted by atomic mass is 9.98. The summed E-state index contributed by atoms with van der Waals surface area (Å²) in [6.45, 7) is 4.88. The van der Waals surface area contributed by atoms with Crippen molar-refractivity contribution in [3.05, 3.63) is 99.1 Å². The number of anilines is 1. The van der Waals surface area contributed by atoms with Gasteiger partial charge < -0.3 is 10.0 Å². The highest BCUT2D eigenvalue weighted by molar-refractivity contribution is 6.34. The van der Waals surface area contributed by atoms with Gasteiger partial charge in [-0.1, -0.05) is 54.1 Å². The van der Waals surface area contributed by atoms with Crippen molar-refractivity contribution in [1.29, 1.82) is 0 Å². The van der Waals surface area contributed by atoms with Gasteiger partial charge in [-0.15, -0.1) is 0 Å². The Kier molecular flexibility index (Phi) is 8.08. The van der Waals surface area contributed by atoms with Gasteiger partial charge in [-0.05, 0) is 61.2 Å². The summed E-state index contributed by atoms with van der Waals surface area (Å²) in [5, 5.41) is 9.76. The Balaban J connectivity index is 1.64. The number of ketones is 1. The van der Waals surface area contributed by atoms with Gasteiger partial charge in [0.15, 0.2) is 0 Å². The Bertz CT molecular complexity index is 1200. The highest BCUT2D eigenvalue weighted by Crippen LogP contribution is 2.32. The largest absolute Gasteiger partial charge is 0.387 e. The van der Waals surface area contributed by atoms with Crippen LogP contribution in [-0.4, -0.2) is 29.9 Å². The summed E-state index contributed by atoms with van der Waals surface area (Å²) in [6.07, 6.45) is -1.56. The highest BCUT2D eigenvalue weighted by Gasteiger charge is 2.37. The molecule has 0 aromatic heterocycles. The van der Waals surface area contributed by atoms with E-state index in [9.17, 15) is 23.5 Å². The molecule has 4 nitrogen and oxygen atoms in total. The zero-order valence-corrected chi connectivity index (χ0v) is 20.9. The molecule has 0 heterocycles. The lowest BCUT2D eigenvalue weighted by molar-refractivity contribution is -0.117. The number of carbonyl (C=O) groups excluding carboxylic acids is 2. The molecule has 3 rings (SSSR count). The first-order valence-corrected chi connectivity index (χ1v) is 11.6. The maximum atomic E-state index is 13.9. The molecule has 0 spiro atoms. The minimum atomic E-state index is -3.35. The van der Waals surface area contributed by atoms with Gasteiger partial charge in [0.2, 0.25) is 0 Å². The van der Waals surface area contributed by atoms with E-state index in [-0.39, 0.29) is 30.1 Å². The van der Waals surface area contributed by atoms with Crippen molar-refractivity contribution in [1.82, 2.24) is 0 Å². The average molecular weight is 500 g/mol. The quantitative estimate of drug-likeness (QED) is 0.410. The van der Waals surface area contributed by atoms with Crippen molar-refractivity contribution in [2.75, 3.05) is 11.9 Å². The normalized spacial score (nSPS) is 12.3. The molecule has 0 radical (unpaired) electrons. The van der Waals surface area contributed by atoms with E-state index >= 15 is 0 Å². The van der Waals surface area contributed by atoms with Crippen LogP contribution < -0.4 is 4.90 Å². The predicted octanol–water partition coefficient (Wildman–Crippen LogP) is 6.06. The molecular weight excluding hydrogens is 472 g/mol. The summed E-state index contributed by atoms with van der Waals surface area (Å²) in [5.41, 5.74) is 4.09. The molecule has 1 atom stereocenters. The van der Waals surface area contributed by atoms with E-state index in [0.717, 1.165) is 23.6 Å². The first kappa shape index (κ1) is 26.5. The molecule has 35 heavy (non-hydrogen) atoms. The summed E-state index contributed by atoms with van der Waals surface area (Å²) < 4.78 is 27.8. The summed E-state index contributed by atoms with van der Waals surface area (Å²) in [7, 11) is 1.67. The second-order valence-corrected chi connectivity index (χ2v) is 9.27. The molecule has 3 aromatic carbocycles. The van der Waals surface area contributed by atoms with E-state index < -0.39 is 12.0 Å². The molecule has 0 saturated heterocycles. The highest BCUT2D eigenvalue weighted by atomic mass is 35.5. The van der Waals surface area contributed by atoms with E-state index in [1.165, 1.54) is 29.2 Å². The number of halogens is 3. The Morgan fingerprint density at radius 2 is 1.49 bits per heavy atom. The molecule has 3 aromatic rings. The fourth-order valence-corrected chi connectivity index (χ4v) is 4.45. The summed E-state index contributed by atoms with van der Waals surface area (Å²) >= 11 is 6.38. The van der Waals surface area contributed by atoms with Gasteiger partial charge in [0.05, 0.1) is 10.7 Å². The number of hydrogen-bond donors (Lipinski definition) is 1. The first-order chi connectivity index (χ1) is 16.4. The maximum absolute atomic E-state index is 13.9. The zero-order valence-electron chi connectivity index (χ0n) is 20.1. The number of amides is 1. The Morgan fingerprint density at radius 1 is 0.971 bits per heavy atom. The van der Waals surface area contributed by atoms with Crippen molar-refractivity contribution in [3.8, 4) is 0 Å². The van der Waals surface area contributed by atoms with Crippen LogP contribution in [-0.2, 0) is 23.6 Å². The van der Waals surface area contributed by atoms with Crippen LogP contribution in [0.4, 0.5) is 14.5 Å². The van der Waals surface area contributed by atoms with Crippen molar-refractivity contribution < 1.29 is 23.5 Å². The SMILES string of the molecule is Cc1cc(C)c(N(C)C(=O)c2ccc(CC(=O)Cc3ccc(C(F)(F)C(C)O)cc3)cc2)c(Cl)c1. The summed E-state index contributed by atoms with van der Waals surface area (Å²) in [6, 6.07) is 16.0. The third-order valence-corrected chi connectivity index (χ3v) is 6.19. The molecular formula is C28H28ClF2NO3. The molecule has 0 fully saturated rings. The number of hydrogen-bond acceptors (Lipinski definition) is 3. The van der Waals surface area contributed by atoms with Crippen molar-refractivity contribution in [2.45, 2.75) is 45.6 Å². The van der Waals surface area contributed by atoms with Crippen molar-refractivity contribution in [3.63, 3.8) is 0 Å². The number of nitrogens with zero attached hydrogens (tertiary/aromatic N) is 1. The van der Waals surface area contributed by atoms with E-state index in [1.807, 2.05) is 26.0 Å². The number of aliphatic hydroxyl groups is 1. The Labute approximate surface area is 209 Å². The monoisotopic (exact) mass is 499 g/mol. The number of Topliss-reactive ketones (excluding diaryl/α,β-unsaturated/α-hetero) is 1. The lowest BCUT2D eigenvalue weighted by Gasteiger charge is -2.21. The molecule has 1 N–H and O–H groups in total. The molecule has 184 valence electrons. The van der Waals surface area contributed by atoms with Crippen LogP contribution in [0.2, 0.25) is 5.02 Å². The van der Waals surface area contributed by atoms with Crippen LogP contribution in [0.15, 0.2) is 60.7 Å². The standard InChI is InChI=1S/C28H28ClF2NO3/c1-17-13-18(2)26(25(29)14-17)32(4)27(35)22-9-5-20(6-10-22)15-24(34)16-21-7-11-23(12-8-21)28(30,31)19(3)33/h5-14,19,33H,15-16H2,1-4H3. The van der Waals surface area contributed by atoms with Gasteiger partial charge in [-0.25, -0.2) is 0 Å². The van der Waals surface area contributed by atoms with Gasteiger partial charge >= 0.3 is 0 Å². The number of aliphatic hydroxyl groups excluding tert-OH is 1. The van der Waals surface area contributed by atoms with Gasteiger partial charge in [-0.2, -0.15) is 8.78 Å². The fourth-order valence-electron chi connectivity index (χ4n) is 4.00. The summed E-state index contributed by atoms with van der Waals surface area (Å²) in [5.74, 6) is -3.65. The Hall–Kier alpha value is -3.09.